The van der Waals surface area contributed by atoms with E-state index in [4.69, 9.17) is 0 Å². The number of aliphatic hydroxyl groups excluding tert-OH is 1. The molecule has 24 heavy (non-hydrogen) atoms. The van der Waals surface area contributed by atoms with Gasteiger partial charge in [0.1, 0.15) is 0 Å². The molecule has 1 aliphatic heterocycles. The van der Waals surface area contributed by atoms with Crippen LogP contribution in [0.5, 0.6) is 0 Å². The molecule has 3 aromatic rings. The molecule has 124 valence electrons. The molecule has 1 aliphatic rings. The van der Waals surface area contributed by atoms with Crippen LogP contribution in [0.15, 0.2) is 48.5 Å². The number of nitrogens with zero attached hydrogens (tertiary/aromatic N) is 2. The van der Waals surface area contributed by atoms with E-state index in [2.05, 4.69) is 45.5 Å². The van der Waals surface area contributed by atoms with Gasteiger partial charge in [-0.05, 0) is 29.7 Å². The maximum absolute atomic E-state index is 10.4. The number of nitrogens with one attached hydrogen (secondary N) is 1. The average molecular weight is 339 g/mol. The van der Waals surface area contributed by atoms with Crippen LogP contribution in [0.1, 0.15) is 11.1 Å². The Balaban J connectivity index is 1.31. The average Bonchev–Trinajstić information content (AvgIpc) is 3.03. The number of hydrogen-bond acceptors (Lipinski definition) is 5. The number of aliphatic hydroxyl groups is 1. The molecule has 4 rings (SSSR count). The highest BCUT2D eigenvalue weighted by atomic mass is 32.1. The summed E-state index contributed by atoms with van der Waals surface area (Å²) in [5.41, 5.74) is 3.83. The number of hydrogen-bond donors (Lipinski definition) is 2. The van der Waals surface area contributed by atoms with Crippen molar-refractivity contribution in [1.29, 1.82) is 0 Å². The van der Waals surface area contributed by atoms with Crippen molar-refractivity contribution in [3.63, 3.8) is 0 Å². The molecular formula is C19H21N3OS. The molecule has 0 unspecified atom stereocenters. The fourth-order valence-corrected chi connectivity index (χ4v) is 4.10. The Labute approximate surface area is 145 Å². The predicted molar refractivity (Wildman–Crippen MR) is 99.5 cm³/mol. The summed E-state index contributed by atoms with van der Waals surface area (Å²) < 4.78 is 1.17. The Morgan fingerprint density at radius 3 is 2.79 bits per heavy atom. The molecule has 0 amide bonds. The lowest BCUT2D eigenvalue weighted by Gasteiger charge is -2.30. The summed E-state index contributed by atoms with van der Waals surface area (Å²) in [6, 6.07) is 16.7. The Morgan fingerprint density at radius 2 is 1.92 bits per heavy atom. The summed E-state index contributed by atoms with van der Waals surface area (Å²) in [5, 5.41) is 14.5. The van der Waals surface area contributed by atoms with Crippen molar-refractivity contribution >= 4 is 26.7 Å². The molecule has 0 spiro atoms. The zero-order valence-corrected chi connectivity index (χ0v) is 14.3. The van der Waals surface area contributed by atoms with Crippen LogP contribution in [0.3, 0.4) is 0 Å². The van der Waals surface area contributed by atoms with Gasteiger partial charge in [0, 0.05) is 26.2 Å². The smallest absolute Gasteiger partial charge is 0.183 e. The van der Waals surface area contributed by atoms with Crippen molar-refractivity contribution in [1.82, 2.24) is 9.88 Å². The van der Waals surface area contributed by atoms with Crippen molar-refractivity contribution in [2.75, 3.05) is 25.0 Å². The summed E-state index contributed by atoms with van der Waals surface area (Å²) in [5.74, 6) is 0. The van der Waals surface area contributed by atoms with E-state index >= 15 is 0 Å². The van der Waals surface area contributed by atoms with E-state index in [0.717, 1.165) is 30.2 Å². The van der Waals surface area contributed by atoms with E-state index < -0.39 is 6.10 Å². The first-order valence-corrected chi connectivity index (χ1v) is 9.16. The minimum atomic E-state index is -0.401. The first-order chi connectivity index (χ1) is 11.8. The van der Waals surface area contributed by atoms with Crippen LogP contribution in [0, 0.1) is 0 Å². The lowest BCUT2D eigenvalue weighted by atomic mass is 10.00. The molecule has 0 saturated heterocycles. The van der Waals surface area contributed by atoms with Crippen molar-refractivity contribution in [3.8, 4) is 0 Å². The van der Waals surface area contributed by atoms with Gasteiger partial charge in [0.25, 0.3) is 0 Å². The molecule has 2 N–H and O–H groups in total. The zero-order chi connectivity index (χ0) is 16.4. The zero-order valence-electron chi connectivity index (χ0n) is 13.5. The van der Waals surface area contributed by atoms with E-state index in [1.807, 2.05) is 18.2 Å². The minimum absolute atomic E-state index is 0.401. The van der Waals surface area contributed by atoms with Crippen molar-refractivity contribution in [2.24, 2.45) is 0 Å². The number of anilines is 1. The number of aromatic nitrogens is 1. The van der Waals surface area contributed by atoms with Gasteiger partial charge >= 0.3 is 0 Å². The quantitative estimate of drug-likeness (QED) is 0.750. The fraction of sp³-hybridized carbons (Fsp3) is 0.316. The molecule has 5 heteroatoms. The molecule has 1 aromatic heterocycles. The highest BCUT2D eigenvalue weighted by Crippen LogP contribution is 2.25. The number of thiazole rings is 1. The van der Waals surface area contributed by atoms with Crippen LogP contribution in [-0.2, 0) is 13.0 Å². The van der Waals surface area contributed by atoms with Crippen LogP contribution in [-0.4, -0.2) is 40.7 Å². The lowest BCUT2D eigenvalue weighted by Crippen LogP contribution is -2.39. The Kier molecular flexibility index (Phi) is 4.47. The van der Waals surface area contributed by atoms with Gasteiger partial charge in [-0.25, -0.2) is 4.98 Å². The second-order valence-corrected chi connectivity index (χ2v) is 7.31. The first-order valence-electron chi connectivity index (χ1n) is 8.34. The summed E-state index contributed by atoms with van der Waals surface area (Å²) in [6.45, 7) is 3.15. The second-order valence-electron chi connectivity index (χ2n) is 6.28. The van der Waals surface area contributed by atoms with Crippen molar-refractivity contribution in [2.45, 2.75) is 19.1 Å². The molecule has 2 aromatic carbocycles. The summed E-state index contributed by atoms with van der Waals surface area (Å²) in [6.07, 6.45) is 0.663. The standard InChI is InChI=1S/C19H21N3OS/c23-16(11-20-19-21-17-7-3-4-8-18(17)24-19)13-22-10-9-14-5-1-2-6-15(14)12-22/h1-8,16,23H,9-13H2,(H,20,21)/t16-/m0/s1. The molecular weight excluding hydrogens is 318 g/mol. The van der Waals surface area contributed by atoms with Crippen molar-refractivity contribution in [3.05, 3.63) is 59.7 Å². The van der Waals surface area contributed by atoms with E-state index in [1.165, 1.54) is 15.8 Å². The molecule has 4 nitrogen and oxygen atoms in total. The maximum Gasteiger partial charge on any atom is 0.183 e. The van der Waals surface area contributed by atoms with Crippen LogP contribution in [0.4, 0.5) is 5.13 Å². The maximum atomic E-state index is 10.4. The second kappa shape index (κ2) is 6.89. The summed E-state index contributed by atoms with van der Waals surface area (Å²) in [4.78, 5) is 6.87. The Morgan fingerprint density at radius 1 is 1.12 bits per heavy atom. The Bertz CT molecular complexity index is 799. The predicted octanol–water partition coefficient (Wildman–Crippen LogP) is 3.13. The number of para-hydroxylation sites is 1. The van der Waals surface area contributed by atoms with Gasteiger partial charge in [-0.3, -0.25) is 4.90 Å². The molecule has 0 fully saturated rings. The largest absolute Gasteiger partial charge is 0.390 e. The number of benzene rings is 2. The van der Waals surface area contributed by atoms with E-state index in [0.29, 0.717) is 13.1 Å². The molecule has 1 atom stereocenters. The van der Waals surface area contributed by atoms with Gasteiger partial charge in [0.15, 0.2) is 5.13 Å². The molecule has 2 heterocycles. The van der Waals surface area contributed by atoms with Gasteiger partial charge in [0.2, 0.25) is 0 Å². The van der Waals surface area contributed by atoms with E-state index in [1.54, 1.807) is 11.3 Å². The minimum Gasteiger partial charge on any atom is -0.390 e. The normalized spacial score (nSPS) is 16.0. The van der Waals surface area contributed by atoms with Crippen LogP contribution >= 0.6 is 11.3 Å². The van der Waals surface area contributed by atoms with Gasteiger partial charge in [-0.2, -0.15) is 0 Å². The van der Waals surface area contributed by atoms with Crippen LogP contribution < -0.4 is 5.32 Å². The molecule has 0 bridgehead atoms. The van der Waals surface area contributed by atoms with Gasteiger partial charge < -0.3 is 10.4 Å². The van der Waals surface area contributed by atoms with Crippen LogP contribution in [0.2, 0.25) is 0 Å². The van der Waals surface area contributed by atoms with Gasteiger partial charge in [-0.1, -0.05) is 47.7 Å². The highest BCUT2D eigenvalue weighted by Gasteiger charge is 2.18. The van der Waals surface area contributed by atoms with Crippen molar-refractivity contribution < 1.29 is 5.11 Å². The number of fused-ring (bicyclic) bond motifs is 2. The number of β-amino-alcohol motifs (C(OH)–C–C–N with tert-alkyl or cyclic N) is 1. The number of rotatable bonds is 5. The van der Waals surface area contributed by atoms with Crippen LogP contribution in [0.25, 0.3) is 10.2 Å². The first kappa shape index (κ1) is 15.6. The SMILES string of the molecule is O[C@@H](CNc1nc2ccccc2s1)CN1CCc2ccccc2C1. The monoisotopic (exact) mass is 339 g/mol. The van der Waals surface area contributed by atoms with Gasteiger partial charge in [-0.15, -0.1) is 0 Å². The topological polar surface area (TPSA) is 48.4 Å². The fourth-order valence-electron chi connectivity index (χ4n) is 3.23. The Hall–Kier alpha value is -1.95. The lowest BCUT2D eigenvalue weighted by molar-refractivity contribution is 0.114. The van der Waals surface area contributed by atoms with Gasteiger partial charge in [0.05, 0.1) is 16.3 Å². The van der Waals surface area contributed by atoms with E-state index in [-0.39, 0.29) is 0 Å². The summed E-state index contributed by atoms with van der Waals surface area (Å²) in [7, 11) is 0. The third-order valence-corrected chi connectivity index (χ3v) is 5.46. The van der Waals surface area contributed by atoms with E-state index in [9.17, 15) is 5.11 Å². The molecule has 0 saturated carbocycles. The molecule has 0 radical (unpaired) electrons. The molecule has 0 aliphatic carbocycles. The third-order valence-electron chi connectivity index (χ3n) is 4.46. The third kappa shape index (κ3) is 3.43. The highest BCUT2D eigenvalue weighted by molar-refractivity contribution is 7.22. The summed E-state index contributed by atoms with van der Waals surface area (Å²) >= 11 is 1.63.